The molecule has 0 radical (unpaired) electrons. The molecule has 3 amide bonds. The summed E-state index contributed by atoms with van der Waals surface area (Å²) in [7, 11) is 2.78. The van der Waals surface area contributed by atoms with Gasteiger partial charge in [-0.1, -0.05) is 99.2 Å². The van der Waals surface area contributed by atoms with Gasteiger partial charge in [0.25, 0.3) is 5.91 Å². The first kappa shape index (κ1) is 49.7. The van der Waals surface area contributed by atoms with Gasteiger partial charge in [0.15, 0.2) is 0 Å². The number of fused-ring (bicyclic) bond motifs is 10. The quantitative estimate of drug-likeness (QED) is 0.161. The lowest BCUT2D eigenvalue weighted by atomic mass is 9.81. The lowest BCUT2D eigenvalue weighted by Gasteiger charge is -2.38. The average molecular weight is 1010 g/mol. The fourth-order valence-electron chi connectivity index (χ4n) is 12.8. The predicted molar refractivity (Wildman–Crippen MR) is 289 cm³/mol. The van der Waals surface area contributed by atoms with E-state index in [2.05, 4.69) is 45.5 Å². The number of carbonyl (C=O) groups excluding carboxylic acids is 4. The number of benzene rings is 4. The molecule has 2 saturated carbocycles. The molecule has 6 aromatic rings. The van der Waals surface area contributed by atoms with Crippen molar-refractivity contribution in [3.05, 3.63) is 129 Å². The van der Waals surface area contributed by atoms with Gasteiger partial charge in [-0.3, -0.25) is 4.79 Å². The molecule has 0 unspecified atom stereocenters. The third-order valence-corrected chi connectivity index (χ3v) is 16.5. The number of carbonyl (C=O) groups is 5. The molecule has 4 aromatic carbocycles. The van der Waals surface area contributed by atoms with Gasteiger partial charge in [0.1, 0.15) is 0 Å². The van der Waals surface area contributed by atoms with E-state index in [1.807, 2.05) is 69.3 Å². The Morgan fingerprint density at radius 3 is 1.45 bits per heavy atom. The highest BCUT2D eigenvalue weighted by Gasteiger charge is 2.35. The number of hydrogen-bond donors (Lipinski definition) is 1. The van der Waals surface area contributed by atoms with Crippen molar-refractivity contribution in [2.75, 3.05) is 66.7 Å². The zero-order valence-electron chi connectivity index (χ0n) is 43.0. The summed E-state index contributed by atoms with van der Waals surface area (Å²) in [5.74, 6) is -0.833. The number of nitrogens with zero attached hydrogens (tertiary/aromatic N) is 5. The Hall–Kier alpha value is -7.45. The molecule has 4 aliphatic heterocycles. The highest BCUT2D eigenvalue weighted by molar-refractivity contribution is 6.05. The minimum absolute atomic E-state index is 0.00341. The van der Waals surface area contributed by atoms with Gasteiger partial charge in [-0.25, -0.2) is 19.2 Å². The van der Waals surface area contributed by atoms with Gasteiger partial charge in [0.2, 0.25) is 0 Å². The first-order valence-corrected chi connectivity index (χ1v) is 26.8. The molecule has 0 bridgehead atoms. The Morgan fingerprint density at radius 2 is 0.973 bits per heavy atom. The molecule has 2 aromatic heterocycles. The van der Waals surface area contributed by atoms with Crippen LogP contribution in [0.3, 0.4) is 0 Å². The molecule has 1 N–H and O–H groups in total. The summed E-state index contributed by atoms with van der Waals surface area (Å²) in [5, 5.41) is 12.1. The minimum Gasteiger partial charge on any atom is -0.478 e. The van der Waals surface area contributed by atoms with Crippen LogP contribution in [0.2, 0.25) is 0 Å². The zero-order chi connectivity index (χ0) is 51.7. The summed E-state index contributed by atoms with van der Waals surface area (Å²) in [6.45, 7) is 5.03. The number of hydrogen-bond acceptors (Lipinski definition) is 8. The number of aliphatic carboxylic acids is 1. The number of morpholine rings is 1. The van der Waals surface area contributed by atoms with Crippen molar-refractivity contribution >= 4 is 63.8 Å². The number of methoxy groups -OCH3 is 2. The molecule has 14 heteroatoms. The third-order valence-electron chi connectivity index (χ3n) is 16.5. The largest absolute Gasteiger partial charge is 0.478 e. The van der Waals surface area contributed by atoms with Gasteiger partial charge in [0.05, 0.1) is 68.6 Å². The minimum atomic E-state index is -0.923. The number of carboxylic acids is 1. The van der Waals surface area contributed by atoms with Gasteiger partial charge in [-0.05, 0) is 96.2 Å². The van der Waals surface area contributed by atoms with E-state index in [4.69, 9.17) is 14.2 Å². The van der Waals surface area contributed by atoms with E-state index in [-0.39, 0.29) is 30.4 Å². The lowest BCUT2D eigenvalue weighted by molar-refractivity contribution is -0.132. The Bertz CT molecular complexity index is 3280. The van der Waals surface area contributed by atoms with Crippen LogP contribution < -0.4 is 0 Å². The van der Waals surface area contributed by atoms with Gasteiger partial charge in [0, 0.05) is 77.8 Å². The summed E-state index contributed by atoms with van der Waals surface area (Å²) >= 11 is 0. The van der Waals surface area contributed by atoms with Crippen molar-refractivity contribution in [3.8, 4) is 22.5 Å². The lowest BCUT2D eigenvalue weighted by Crippen LogP contribution is -2.55. The van der Waals surface area contributed by atoms with E-state index in [9.17, 15) is 29.1 Å². The van der Waals surface area contributed by atoms with Gasteiger partial charge in [-0.15, -0.1) is 0 Å². The second-order valence-electron chi connectivity index (χ2n) is 20.8. The van der Waals surface area contributed by atoms with E-state index in [0.717, 1.165) is 81.1 Å². The molecule has 0 spiro atoms. The molecule has 4 fully saturated rings. The van der Waals surface area contributed by atoms with E-state index in [0.29, 0.717) is 93.1 Å². The summed E-state index contributed by atoms with van der Waals surface area (Å²) in [6, 6.07) is 28.0. The topological polar surface area (TPSA) is 153 Å². The van der Waals surface area contributed by atoms with Crippen LogP contribution in [-0.4, -0.2) is 125 Å². The number of esters is 2. The summed E-state index contributed by atoms with van der Waals surface area (Å²) in [4.78, 5) is 69.7. The van der Waals surface area contributed by atoms with Crippen molar-refractivity contribution < 1.29 is 43.3 Å². The van der Waals surface area contributed by atoms with Crippen LogP contribution in [0, 0.1) is 0 Å². The Kier molecular flexibility index (Phi) is 14.2. The number of carboxylic acid groups (broad SMARTS) is 1. The van der Waals surface area contributed by atoms with Crippen LogP contribution in [0.5, 0.6) is 0 Å². The van der Waals surface area contributed by atoms with Gasteiger partial charge >= 0.3 is 23.9 Å². The normalized spacial score (nSPS) is 18.0. The molecule has 12 rings (SSSR count). The number of rotatable bonds is 6. The van der Waals surface area contributed by atoms with Crippen LogP contribution in [-0.2, 0) is 36.9 Å². The molecule has 6 aliphatic rings. The molecule has 6 heterocycles. The Morgan fingerprint density at radius 1 is 0.533 bits per heavy atom. The van der Waals surface area contributed by atoms with Crippen LogP contribution in [0.1, 0.15) is 119 Å². The van der Waals surface area contributed by atoms with Crippen molar-refractivity contribution in [1.82, 2.24) is 23.8 Å². The second-order valence-corrected chi connectivity index (χ2v) is 20.8. The van der Waals surface area contributed by atoms with E-state index in [1.54, 1.807) is 6.08 Å². The second kappa shape index (κ2) is 21.4. The van der Waals surface area contributed by atoms with Gasteiger partial charge in [-0.2, -0.15) is 0 Å². The maximum atomic E-state index is 14.2. The molecular formula is C61H65N5O9. The highest BCUT2D eigenvalue weighted by Crippen LogP contribution is 2.48. The van der Waals surface area contributed by atoms with Crippen LogP contribution in [0.15, 0.2) is 96.1 Å². The molecule has 2 aliphatic carbocycles. The maximum absolute atomic E-state index is 14.2. The number of urea groups is 1. The number of aromatic nitrogens is 2. The van der Waals surface area contributed by atoms with Crippen molar-refractivity contribution in [2.24, 2.45) is 0 Å². The molecule has 0 atom stereocenters. The maximum Gasteiger partial charge on any atom is 0.337 e. The molecule has 14 nitrogen and oxygen atoms in total. The fraction of sp³-hybridized carbons (Fsp3) is 0.393. The number of amides is 3. The first-order chi connectivity index (χ1) is 36.6. The standard InChI is InChI=1S/C35H40N4O5.C26H25NO4/c1-43-34(41)26-11-12-29-30(22-26)39-23-27(33(40)36-13-15-37(16-14-36)35(42)38-17-19-44-20-18-38)21-25-9-5-6-10-28(25)32(39)31(29)24-7-3-2-4-8-24;1-31-26(30)18-11-12-21-22(14-18)27-15-19(25(28)29)13-17-9-5-6-10-20(17)24(27)23(21)16-7-3-2-4-8-16/h5-6,9-12,21-22,24H,2-4,7-8,13-20,23H2,1H3;5-6,9-14,16H,2-4,7-8,15H2,1H3,(H,28,29). The van der Waals surface area contributed by atoms with Crippen molar-refractivity contribution in [1.29, 1.82) is 0 Å². The fourth-order valence-corrected chi connectivity index (χ4v) is 12.8. The SMILES string of the molecule is COC(=O)c1ccc2c(C3CCCCC3)c3n(c2c1)CC(C(=O)N1CCN(C(=O)N2CCOCC2)CC1)=Cc1ccccc1-3.COC(=O)c1ccc2c(C3CCCCC3)c3n(c2c1)CC(C(=O)O)=Cc1ccccc1-3. The average Bonchev–Trinajstić information content (AvgIpc) is 3.82. The monoisotopic (exact) mass is 1010 g/mol. The first-order valence-electron chi connectivity index (χ1n) is 26.8. The van der Waals surface area contributed by atoms with Gasteiger partial charge < -0.3 is 43.2 Å². The zero-order valence-corrected chi connectivity index (χ0v) is 43.0. The molecular weight excluding hydrogens is 947 g/mol. The molecule has 388 valence electrons. The van der Waals surface area contributed by atoms with Crippen LogP contribution >= 0.6 is 0 Å². The van der Waals surface area contributed by atoms with Crippen molar-refractivity contribution in [2.45, 2.75) is 89.1 Å². The van der Waals surface area contributed by atoms with Crippen LogP contribution in [0.25, 0.3) is 56.5 Å². The number of ether oxygens (including phenoxy) is 3. The summed E-state index contributed by atoms with van der Waals surface area (Å²) in [5.41, 5.74) is 12.9. The number of piperazine rings is 1. The van der Waals surface area contributed by atoms with Crippen molar-refractivity contribution in [3.63, 3.8) is 0 Å². The van der Waals surface area contributed by atoms with E-state index < -0.39 is 5.97 Å². The van der Waals surface area contributed by atoms with Crippen LogP contribution in [0.4, 0.5) is 4.79 Å². The third kappa shape index (κ3) is 9.53. The van der Waals surface area contributed by atoms with E-state index >= 15 is 0 Å². The highest BCUT2D eigenvalue weighted by atomic mass is 16.5. The predicted octanol–water partition coefficient (Wildman–Crippen LogP) is 10.8. The molecule has 2 saturated heterocycles. The summed E-state index contributed by atoms with van der Waals surface area (Å²) < 4.78 is 19.8. The Labute approximate surface area is 437 Å². The van der Waals surface area contributed by atoms with E-state index in [1.165, 1.54) is 63.9 Å². The summed E-state index contributed by atoms with van der Waals surface area (Å²) in [6.07, 6.45) is 15.7. The molecule has 75 heavy (non-hydrogen) atoms. The Balaban J connectivity index is 0.000000171. The smallest absolute Gasteiger partial charge is 0.337 e.